The minimum absolute atomic E-state index is 0.177. The van der Waals surface area contributed by atoms with Gasteiger partial charge in [0.25, 0.3) is 5.91 Å². The molecule has 1 aromatic heterocycles. The van der Waals surface area contributed by atoms with Crippen LogP contribution in [0.2, 0.25) is 0 Å². The summed E-state index contributed by atoms with van der Waals surface area (Å²) in [6, 6.07) is 7.65. The Labute approximate surface area is 187 Å². The monoisotopic (exact) mass is 447 g/mol. The van der Waals surface area contributed by atoms with Gasteiger partial charge in [-0.25, -0.2) is 0 Å². The van der Waals surface area contributed by atoms with Crippen molar-refractivity contribution in [3.8, 4) is 11.5 Å². The third-order valence-corrected chi connectivity index (χ3v) is 5.95. The molecule has 0 aliphatic heterocycles. The van der Waals surface area contributed by atoms with Crippen LogP contribution in [0.25, 0.3) is 0 Å². The second-order valence-corrected chi connectivity index (χ2v) is 8.43. The van der Waals surface area contributed by atoms with Crippen LogP contribution in [0.5, 0.6) is 11.5 Å². The number of ether oxygens (including phenoxy) is 2. The molecule has 30 heavy (non-hydrogen) atoms. The highest BCUT2D eigenvalue weighted by Gasteiger charge is 2.18. The number of hydrogen-bond donors (Lipinski definition) is 3. The number of thiocarbonyl (C=S) groups is 1. The van der Waals surface area contributed by atoms with Crippen LogP contribution in [-0.2, 0) is 0 Å². The molecule has 162 valence electrons. The first-order chi connectivity index (χ1) is 14.6. The number of benzene rings is 1. The number of hydrogen-bond acceptors (Lipinski definition) is 5. The van der Waals surface area contributed by atoms with Gasteiger partial charge in [-0.15, -0.1) is 11.3 Å². The van der Waals surface area contributed by atoms with Crippen LogP contribution in [-0.4, -0.2) is 30.3 Å². The molecule has 2 aromatic rings. The van der Waals surface area contributed by atoms with Gasteiger partial charge in [-0.3, -0.25) is 4.79 Å². The van der Waals surface area contributed by atoms with E-state index in [0.29, 0.717) is 52.1 Å². The van der Waals surface area contributed by atoms with E-state index in [4.69, 9.17) is 21.7 Å². The Morgan fingerprint density at radius 1 is 1.07 bits per heavy atom. The Morgan fingerprint density at radius 2 is 1.70 bits per heavy atom. The highest BCUT2D eigenvalue weighted by molar-refractivity contribution is 7.80. The molecule has 8 heteroatoms. The zero-order chi connectivity index (χ0) is 21.3. The van der Waals surface area contributed by atoms with Gasteiger partial charge in [0.15, 0.2) is 5.11 Å². The van der Waals surface area contributed by atoms with Crippen molar-refractivity contribution >= 4 is 45.9 Å². The predicted octanol–water partition coefficient (Wildman–Crippen LogP) is 5.42. The van der Waals surface area contributed by atoms with Crippen molar-refractivity contribution in [1.82, 2.24) is 5.32 Å². The standard InChI is InChI=1S/C22H29N3O3S2/c1-3-27-18-14-17(25-22(29)23-15-9-6-5-7-10-15)19(28-4-2)13-16(18)24-21(26)20-11-8-12-30-20/h8,11-15H,3-7,9-10H2,1-2H3,(H,24,26)(H2,23,25,29). The molecule has 3 rings (SSSR count). The minimum Gasteiger partial charge on any atom is -0.492 e. The van der Waals surface area contributed by atoms with E-state index in [-0.39, 0.29) is 5.91 Å². The Morgan fingerprint density at radius 3 is 2.27 bits per heavy atom. The highest BCUT2D eigenvalue weighted by atomic mass is 32.1. The smallest absolute Gasteiger partial charge is 0.265 e. The number of carbonyl (C=O) groups excluding carboxylic acids is 1. The molecule has 1 aliphatic carbocycles. The third-order valence-electron chi connectivity index (χ3n) is 4.86. The summed E-state index contributed by atoms with van der Waals surface area (Å²) in [5.41, 5.74) is 1.28. The summed E-state index contributed by atoms with van der Waals surface area (Å²) < 4.78 is 11.6. The van der Waals surface area contributed by atoms with Gasteiger partial charge in [-0.1, -0.05) is 25.3 Å². The van der Waals surface area contributed by atoms with Gasteiger partial charge in [0.2, 0.25) is 0 Å². The summed E-state index contributed by atoms with van der Waals surface area (Å²) in [5.74, 6) is 0.993. The van der Waals surface area contributed by atoms with Gasteiger partial charge in [-0.2, -0.15) is 0 Å². The summed E-state index contributed by atoms with van der Waals surface area (Å²) in [6.07, 6.45) is 6.04. The number of amides is 1. The maximum Gasteiger partial charge on any atom is 0.265 e. The first-order valence-corrected chi connectivity index (χ1v) is 11.8. The van der Waals surface area contributed by atoms with Gasteiger partial charge >= 0.3 is 0 Å². The van der Waals surface area contributed by atoms with Crippen LogP contribution >= 0.6 is 23.6 Å². The molecule has 0 unspecified atom stereocenters. The average molecular weight is 448 g/mol. The maximum atomic E-state index is 12.5. The van der Waals surface area contributed by atoms with Crippen LogP contribution in [0.1, 0.15) is 55.6 Å². The average Bonchev–Trinajstić information content (AvgIpc) is 3.27. The molecule has 1 heterocycles. The predicted molar refractivity (Wildman–Crippen MR) is 127 cm³/mol. The van der Waals surface area contributed by atoms with E-state index < -0.39 is 0 Å². The number of nitrogens with one attached hydrogen (secondary N) is 3. The topological polar surface area (TPSA) is 71.6 Å². The van der Waals surface area contributed by atoms with Crippen molar-refractivity contribution in [1.29, 1.82) is 0 Å². The number of carbonyl (C=O) groups is 1. The van der Waals surface area contributed by atoms with Crippen molar-refractivity contribution < 1.29 is 14.3 Å². The van der Waals surface area contributed by atoms with Crippen LogP contribution < -0.4 is 25.4 Å². The molecule has 6 nitrogen and oxygen atoms in total. The molecule has 3 N–H and O–H groups in total. The fraction of sp³-hybridized carbons (Fsp3) is 0.455. The number of thiophene rings is 1. The van der Waals surface area contributed by atoms with Gasteiger partial charge in [0.1, 0.15) is 11.5 Å². The fourth-order valence-electron chi connectivity index (χ4n) is 3.49. The molecule has 0 bridgehead atoms. The largest absolute Gasteiger partial charge is 0.492 e. The zero-order valence-corrected chi connectivity index (χ0v) is 19.1. The van der Waals surface area contributed by atoms with Crippen molar-refractivity contribution in [2.45, 2.75) is 52.0 Å². The summed E-state index contributed by atoms with van der Waals surface area (Å²) in [7, 11) is 0. The second-order valence-electron chi connectivity index (χ2n) is 7.08. The Balaban J connectivity index is 1.80. The molecule has 1 fully saturated rings. The summed E-state index contributed by atoms with van der Waals surface area (Å²) in [6.45, 7) is 4.79. The van der Waals surface area contributed by atoms with Crippen LogP contribution in [0, 0.1) is 0 Å². The van der Waals surface area contributed by atoms with E-state index in [1.807, 2.05) is 31.4 Å². The molecule has 0 atom stereocenters. The molecule has 1 saturated carbocycles. The van der Waals surface area contributed by atoms with E-state index in [1.54, 1.807) is 12.1 Å². The maximum absolute atomic E-state index is 12.5. The highest BCUT2D eigenvalue weighted by Crippen LogP contribution is 2.37. The first kappa shape index (κ1) is 22.4. The van der Waals surface area contributed by atoms with E-state index >= 15 is 0 Å². The molecule has 0 spiro atoms. The zero-order valence-electron chi connectivity index (χ0n) is 17.5. The van der Waals surface area contributed by atoms with Gasteiger partial charge in [0, 0.05) is 18.2 Å². The lowest BCUT2D eigenvalue weighted by Crippen LogP contribution is -2.38. The SMILES string of the molecule is CCOc1cc(NC(=S)NC2CCCCC2)c(OCC)cc1NC(=O)c1cccs1. The second kappa shape index (κ2) is 11.2. The lowest BCUT2D eigenvalue weighted by Gasteiger charge is -2.25. The quantitative estimate of drug-likeness (QED) is 0.470. The Kier molecular flexibility index (Phi) is 8.33. The third kappa shape index (κ3) is 6.09. The molecular weight excluding hydrogens is 418 g/mol. The fourth-order valence-corrected chi connectivity index (χ4v) is 4.38. The lowest BCUT2D eigenvalue weighted by atomic mass is 9.96. The number of rotatable bonds is 8. The summed E-state index contributed by atoms with van der Waals surface area (Å²) in [5, 5.41) is 12.0. The van der Waals surface area contributed by atoms with Crippen LogP contribution in [0.3, 0.4) is 0 Å². The number of anilines is 2. The van der Waals surface area contributed by atoms with E-state index in [0.717, 1.165) is 12.8 Å². The molecule has 1 amide bonds. The Bertz CT molecular complexity index is 850. The van der Waals surface area contributed by atoms with Crippen LogP contribution in [0.15, 0.2) is 29.6 Å². The van der Waals surface area contributed by atoms with Crippen molar-refractivity contribution in [3.63, 3.8) is 0 Å². The van der Waals surface area contributed by atoms with Crippen LogP contribution in [0.4, 0.5) is 11.4 Å². The van der Waals surface area contributed by atoms with Gasteiger partial charge in [0.05, 0.1) is 29.5 Å². The molecule has 0 radical (unpaired) electrons. The van der Waals surface area contributed by atoms with Gasteiger partial charge in [-0.05, 0) is 50.4 Å². The minimum atomic E-state index is -0.177. The molecular formula is C22H29N3O3S2. The van der Waals surface area contributed by atoms with E-state index in [2.05, 4.69) is 16.0 Å². The first-order valence-electron chi connectivity index (χ1n) is 10.5. The van der Waals surface area contributed by atoms with Crippen molar-refractivity contribution in [2.24, 2.45) is 0 Å². The summed E-state index contributed by atoms with van der Waals surface area (Å²) in [4.78, 5) is 13.2. The normalized spacial score (nSPS) is 14.1. The van der Waals surface area contributed by atoms with E-state index in [9.17, 15) is 4.79 Å². The van der Waals surface area contributed by atoms with E-state index in [1.165, 1.54) is 30.6 Å². The molecule has 0 saturated heterocycles. The molecule has 1 aliphatic rings. The Hall–Kier alpha value is -2.32. The summed E-state index contributed by atoms with van der Waals surface area (Å²) >= 11 is 6.93. The lowest BCUT2D eigenvalue weighted by molar-refractivity contribution is 0.103. The molecule has 1 aromatic carbocycles. The van der Waals surface area contributed by atoms with Gasteiger partial charge < -0.3 is 25.4 Å². The van der Waals surface area contributed by atoms with Crippen molar-refractivity contribution in [2.75, 3.05) is 23.8 Å². The van der Waals surface area contributed by atoms with Crippen molar-refractivity contribution in [3.05, 3.63) is 34.5 Å².